The van der Waals surface area contributed by atoms with Crippen LogP contribution in [0.2, 0.25) is 0 Å². The van der Waals surface area contributed by atoms with E-state index in [4.69, 9.17) is 4.74 Å². The SMILES string of the molecule is COCC(C)Nc1nccn1C1CCN(C)CC1. The molecule has 1 N–H and O–H groups in total. The van der Waals surface area contributed by atoms with E-state index in [-0.39, 0.29) is 6.04 Å². The summed E-state index contributed by atoms with van der Waals surface area (Å²) >= 11 is 0. The van der Waals surface area contributed by atoms with E-state index in [1.807, 2.05) is 6.20 Å². The number of nitrogens with one attached hydrogen (secondary N) is 1. The molecule has 0 saturated carbocycles. The lowest BCUT2D eigenvalue weighted by Crippen LogP contribution is -2.32. The summed E-state index contributed by atoms with van der Waals surface area (Å²) < 4.78 is 7.42. The molecule has 0 aliphatic carbocycles. The van der Waals surface area contributed by atoms with E-state index >= 15 is 0 Å². The second kappa shape index (κ2) is 6.20. The average molecular weight is 252 g/mol. The molecule has 2 heterocycles. The fraction of sp³-hybridized carbons (Fsp3) is 0.769. The maximum atomic E-state index is 5.15. The van der Waals surface area contributed by atoms with Crippen molar-refractivity contribution in [3.05, 3.63) is 12.4 Å². The van der Waals surface area contributed by atoms with Gasteiger partial charge in [0.2, 0.25) is 5.95 Å². The number of imidazole rings is 1. The zero-order valence-corrected chi connectivity index (χ0v) is 11.6. The molecule has 0 bridgehead atoms. The lowest BCUT2D eigenvalue weighted by Gasteiger charge is -2.31. The molecule has 1 aromatic rings. The van der Waals surface area contributed by atoms with E-state index < -0.39 is 0 Å². The highest BCUT2D eigenvalue weighted by Gasteiger charge is 2.20. The van der Waals surface area contributed by atoms with Gasteiger partial charge in [-0.2, -0.15) is 0 Å². The van der Waals surface area contributed by atoms with Gasteiger partial charge in [-0.1, -0.05) is 0 Å². The minimum atomic E-state index is 0.280. The number of methoxy groups -OCH3 is 1. The molecule has 1 aromatic heterocycles. The third-order valence-electron chi connectivity index (χ3n) is 3.54. The minimum absolute atomic E-state index is 0.280. The molecule has 18 heavy (non-hydrogen) atoms. The second-order valence-corrected chi connectivity index (χ2v) is 5.19. The van der Waals surface area contributed by atoms with Gasteiger partial charge in [0.1, 0.15) is 0 Å². The van der Waals surface area contributed by atoms with Crippen LogP contribution >= 0.6 is 0 Å². The Morgan fingerprint density at radius 3 is 2.89 bits per heavy atom. The standard InChI is InChI=1S/C13H24N4O/c1-11(10-18-3)15-13-14-6-9-17(13)12-4-7-16(2)8-5-12/h6,9,11-12H,4-5,7-8,10H2,1-3H3,(H,14,15). The molecular formula is C13H24N4O. The number of aromatic nitrogens is 2. The molecule has 1 unspecified atom stereocenters. The predicted molar refractivity (Wildman–Crippen MR) is 73.0 cm³/mol. The number of ether oxygens (including phenoxy) is 1. The topological polar surface area (TPSA) is 42.3 Å². The quantitative estimate of drug-likeness (QED) is 0.864. The van der Waals surface area contributed by atoms with Gasteiger partial charge in [-0.05, 0) is 39.9 Å². The van der Waals surface area contributed by atoms with Crippen molar-refractivity contribution in [3.63, 3.8) is 0 Å². The molecule has 0 amide bonds. The summed E-state index contributed by atoms with van der Waals surface area (Å²) in [4.78, 5) is 6.80. The minimum Gasteiger partial charge on any atom is -0.383 e. The highest BCUT2D eigenvalue weighted by atomic mass is 16.5. The maximum Gasteiger partial charge on any atom is 0.203 e. The first-order valence-corrected chi connectivity index (χ1v) is 6.67. The molecule has 0 radical (unpaired) electrons. The molecule has 1 aliphatic heterocycles. The zero-order valence-electron chi connectivity index (χ0n) is 11.6. The van der Waals surface area contributed by atoms with E-state index in [0.717, 1.165) is 19.0 Å². The number of hydrogen-bond donors (Lipinski definition) is 1. The number of nitrogens with zero attached hydrogens (tertiary/aromatic N) is 3. The van der Waals surface area contributed by atoms with Gasteiger partial charge in [-0.15, -0.1) is 0 Å². The summed E-state index contributed by atoms with van der Waals surface area (Å²) in [5.74, 6) is 0.967. The number of anilines is 1. The van der Waals surface area contributed by atoms with Gasteiger partial charge in [0.05, 0.1) is 6.61 Å². The van der Waals surface area contributed by atoms with Gasteiger partial charge in [0.25, 0.3) is 0 Å². The second-order valence-electron chi connectivity index (χ2n) is 5.19. The fourth-order valence-corrected chi connectivity index (χ4v) is 2.50. The Kier molecular flexibility index (Phi) is 4.60. The van der Waals surface area contributed by atoms with Gasteiger partial charge in [-0.3, -0.25) is 0 Å². The number of likely N-dealkylation sites (tertiary alicyclic amines) is 1. The Morgan fingerprint density at radius 2 is 2.22 bits per heavy atom. The first-order valence-electron chi connectivity index (χ1n) is 6.67. The first-order chi connectivity index (χ1) is 8.70. The number of rotatable bonds is 5. The van der Waals surface area contributed by atoms with Crippen LogP contribution in [0, 0.1) is 0 Å². The number of piperidine rings is 1. The predicted octanol–water partition coefficient (Wildman–Crippen LogP) is 1.60. The third kappa shape index (κ3) is 3.23. The Hall–Kier alpha value is -1.07. The van der Waals surface area contributed by atoms with Crippen molar-refractivity contribution in [1.29, 1.82) is 0 Å². The molecule has 2 rings (SSSR count). The Bertz CT molecular complexity index is 358. The van der Waals surface area contributed by atoms with Gasteiger partial charge in [0, 0.05) is 31.6 Å². The fourth-order valence-electron chi connectivity index (χ4n) is 2.50. The highest BCUT2D eigenvalue weighted by Crippen LogP contribution is 2.25. The molecule has 102 valence electrons. The van der Waals surface area contributed by atoms with Crippen LogP contribution in [-0.4, -0.2) is 54.3 Å². The van der Waals surface area contributed by atoms with Crippen LogP contribution in [0.3, 0.4) is 0 Å². The molecule has 1 saturated heterocycles. The van der Waals surface area contributed by atoms with Crippen LogP contribution in [0.15, 0.2) is 12.4 Å². The van der Waals surface area contributed by atoms with Crippen molar-refractivity contribution in [2.75, 3.05) is 39.2 Å². The van der Waals surface area contributed by atoms with Crippen molar-refractivity contribution in [2.45, 2.75) is 31.8 Å². The van der Waals surface area contributed by atoms with Gasteiger partial charge in [-0.25, -0.2) is 4.98 Å². The van der Waals surface area contributed by atoms with Crippen LogP contribution in [0.1, 0.15) is 25.8 Å². The molecule has 1 fully saturated rings. The van der Waals surface area contributed by atoms with E-state index in [9.17, 15) is 0 Å². The van der Waals surface area contributed by atoms with Gasteiger partial charge >= 0.3 is 0 Å². The van der Waals surface area contributed by atoms with Crippen molar-refractivity contribution >= 4 is 5.95 Å². The van der Waals surface area contributed by atoms with E-state index in [1.165, 1.54) is 12.8 Å². The summed E-state index contributed by atoms with van der Waals surface area (Å²) in [6.45, 7) is 5.13. The molecule has 1 aliphatic rings. The lowest BCUT2D eigenvalue weighted by molar-refractivity contribution is 0.189. The summed E-state index contributed by atoms with van der Waals surface area (Å²) in [5, 5.41) is 3.41. The third-order valence-corrected chi connectivity index (χ3v) is 3.54. The summed E-state index contributed by atoms with van der Waals surface area (Å²) in [5.41, 5.74) is 0. The lowest BCUT2D eigenvalue weighted by atomic mass is 10.1. The van der Waals surface area contributed by atoms with Crippen LogP contribution in [0.25, 0.3) is 0 Å². The van der Waals surface area contributed by atoms with Crippen LogP contribution in [0.5, 0.6) is 0 Å². The zero-order chi connectivity index (χ0) is 13.0. The van der Waals surface area contributed by atoms with E-state index in [2.05, 4.69) is 39.9 Å². The Balaban J connectivity index is 1.98. The summed E-state index contributed by atoms with van der Waals surface area (Å²) in [6.07, 6.45) is 6.35. The first kappa shape index (κ1) is 13.4. The van der Waals surface area contributed by atoms with E-state index in [0.29, 0.717) is 12.6 Å². The molecule has 1 atom stereocenters. The van der Waals surface area contributed by atoms with Crippen LogP contribution in [-0.2, 0) is 4.74 Å². The van der Waals surface area contributed by atoms with Crippen molar-refractivity contribution < 1.29 is 4.74 Å². The molecule has 5 heteroatoms. The molecular weight excluding hydrogens is 228 g/mol. The monoisotopic (exact) mass is 252 g/mol. The smallest absolute Gasteiger partial charge is 0.203 e. The number of hydrogen-bond acceptors (Lipinski definition) is 4. The molecule has 5 nitrogen and oxygen atoms in total. The average Bonchev–Trinajstić information content (AvgIpc) is 2.78. The Morgan fingerprint density at radius 1 is 1.50 bits per heavy atom. The van der Waals surface area contributed by atoms with Crippen LogP contribution in [0.4, 0.5) is 5.95 Å². The maximum absolute atomic E-state index is 5.15. The largest absolute Gasteiger partial charge is 0.383 e. The van der Waals surface area contributed by atoms with E-state index in [1.54, 1.807) is 7.11 Å². The van der Waals surface area contributed by atoms with Crippen molar-refractivity contribution in [1.82, 2.24) is 14.5 Å². The normalized spacial score (nSPS) is 19.9. The van der Waals surface area contributed by atoms with Crippen LogP contribution < -0.4 is 5.32 Å². The van der Waals surface area contributed by atoms with Gasteiger partial charge < -0.3 is 19.5 Å². The highest BCUT2D eigenvalue weighted by molar-refractivity contribution is 5.28. The summed E-state index contributed by atoms with van der Waals surface area (Å²) in [7, 11) is 3.91. The van der Waals surface area contributed by atoms with Gasteiger partial charge in [0.15, 0.2) is 0 Å². The van der Waals surface area contributed by atoms with Crippen molar-refractivity contribution in [2.24, 2.45) is 0 Å². The van der Waals surface area contributed by atoms with Crippen molar-refractivity contribution in [3.8, 4) is 0 Å². The molecule has 0 aromatic carbocycles. The Labute approximate surface area is 109 Å². The summed E-state index contributed by atoms with van der Waals surface area (Å²) in [6, 6.07) is 0.850. The molecule has 0 spiro atoms.